The molecule has 0 unspecified atom stereocenters. The number of fused-ring (bicyclic) bond motifs is 1. The van der Waals surface area contributed by atoms with Crippen molar-refractivity contribution in [3.8, 4) is 0 Å². The maximum absolute atomic E-state index is 12.1. The molecule has 2 heterocycles. The Morgan fingerprint density at radius 1 is 1.39 bits per heavy atom. The first kappa shape index (κ1) is 16.0. The molecule has 0 saturated carbocycles. The maximum Gasteiger partial charge on any atom is 0.220 e. The van der Waals surface area contributed by atoms with Gasteiger partial charge in [-0.1, -0.05) is 11.6 Å². The van der Waals surface area contributed by atoms with E-state index in [-0.39, 0.29) is 5.91 Å². The van der Waals surface area contributed by atoms with Crippen molar-refractivity contribution in [3.05, 3.63) is 35.5 Å². The second-order valence-corrected chi connectivity index (χ2v) is 6.48. The monoisotopic (exact) mass is 316 g/mol. The second-order valence-electron chi connectivity index (χ2n) is 6.48. The van der Waals surface area contributed by atoms with Gasteiger partial charge in [0.2, 0.25) is 5.91 Å². The first-order valence-corrected chi connectivity index (χ1v) is 8.19. The molecule has 0 aliphatic carbocycles. The molecule has 5 nitrogen and oxygen atoms in total. The van der Waals surface area contributed by atoms with Crippen LogP contribution in [-0.2, 0) is 16.0 Å². The van der Waals surface area contributed by atoms with Crippen LogP contribution in [0.2, 0.25) is 0 Å². The number of H-pyrrole nitrogens is 1. The number of aryl methyl sites for hydroxylation is 2. The Morgan fingerprint density at radius 2 is 2.17 bits per heavy atom. The van der Waals surface area contributed by atoms with Crippen LogP contribution in [0.15, 0.2) is 24.4 Å². The molecule has 1 amide bonds. The van der Waals surface area contributed by atoms with Gasteiger partial charge in [-0.25, -0.2) is 0 Å². The van der Waals surface area contributed by atoms with Crippen LogP contribution in [0.5, 0.6) is 0 Å². The zero-order chi connectivity index (χ0) is 16.3. The van der Waals surface area contributed by atoms with E-state index in [1.807, 2.05) is 6.20 Å². The van der Waals surface area contributed by atoms with E-state index in [4.69, 9.17) is 4.74 Å². The molecule has 1 aliphatic heterocycles. The number of hydrogen-bond donors (Lipinski definition) is 3. The highest BCUT2D eigenvalue weighted by Gasteiger charge is 2.29. The Balaban J connectivity index is 1.53. The summed E-state index contributed by atoms with van der Waals surface area (Å²) in [6, 6.07) is 6.28. The number of aliphatic hydroxyl groups is 1. The molecule has 0 radical (unpaired) electrons. The van der Waals surface area contributed by atoms with Crippen molar-refractivity contribution in [2.75, 3.05) is 19.8 Å². The third kappa shape index (κ3) is 3.92. The fraction of sp³-hybridized carbons (Fsp3) is 0.500. The SMILES string of the molecule is Cc1ccc2[nH]cc(CCC(=O)NCC3(O)CCOCC3)c2c1. The lowest BCUT2D eigenvalue weighted by Gasteiger charge is -2.32. The number of benzene rings is 1. The second kappa shape index (κ2) is 6.72. The lowest BCUT2D eigenvalue weighted by molar-refractivity contribution is -0.123. The van der Waals surface area contributed by atoms with Crippen molar-refractivity contribution >= 4 is 16.8 Å². The summed E-state index contributed by atoms with van der Waals surface area (Å²) >= 11 is 0. The molecule has 3 N–H and O–H groups in total. The van der Waals surface area contributed by atoms with Gasteiger partial charge in [-0.05, 0) is 31.0 Å². The summed E-state index contributed by atoms with van der Waals surface area (Å²) in [5, 5.41) is 14.4. The van der Waals surface area contributed by atoms with Crippen molar-refractivity contribution in [2.45, 2.75) is 38.2 Å². The topological polar surface area (TPSA) is 74.4 Å². The van der Waals surface area contributed by atoms with E-state index in [9.17, 15) is 9.90 Å². The first-order valence-electron chi connectivity index (χ1n) is 8.19. The van der Waals surface area contributed by atoms with Crippen molar-refractivity contribution in [2.24, 2.45) is 0 Å². The Morgan fingerprint density at radius 3 is 2.96 bits per heavy atom. The number of hydrogen-bond acceptors (Lipinski definition) is 3. The van der Waals surface area contributed by atoms with E-state index in [0.29, 0.717) is 45.4 Å². The number of carbonyl (C=O) groups excluding carboxylic acids is 1. The summed E-state index contributed by atoms with van der Waals surface area (Å²) in [5.74, 6) is -0.0214. The van der Waals surface area contributed by atoms with Gasteiger partial charge in [0.05, 0.1) is 5.60 Å². The average Bonchev–Trinajstić information content (AvgIpc) is 2.94. The van der Waals surface area contributed by atoms with Crippen LogP contribution >= 0.6 is 0 Å². The van der Waals surface area contributed by atoms with Crippen molar-refractivity contribution < 1.29 is 14.6 Å². The van der Waals surface area contributed by atoms with Crippen molar-refractivity contribution in [1.82, 2.24) is 10.3 Å². The molecule has 0 atom stereocenters. The van der Waals surface area contributed by atoms with Crippen molar-refractivity contribution in [1.29, 1.82) is 0 Å². The molecule has 2 aromatic rings. The van der Waals surface area contributed by atoms with Gasteiger partial charge in [-0.15, -0.1) is 0 Å². The number of amides is 1. The standard InChI is InChI=1S/C18H24N2O3/c1-13-2-4-16-15(10-13)14(11-19-16)3-5-17(21)20-12-18(22)6-8-23-9-7-18/h2,4,10-11,19,22H,3,5-9,12H2,1H3,(H,20,21). The van der Waals surface area contributed by atoms with E-state index in [2.05, 4.69) is 35.4 Å². The summed E-state index contributed by atoms with van der Waals surface area (Å²) in [5.41, 5.74) is 2.65. The van der Waals surface area contributed by atoms with Crippen LogP contribution in [-0.4, -0.2) is 41.4 Å². The zero-order valence-electron chi connectivity index (χ0n) is 13.5. The lowest BCUT2D eigenvalue weighted by Crippen LogP contribution is -2.46. The highest BCUT2D eigenvalue weighted by Crippen LogP contribution is 2.21. The van der Waals surface area contributed by atoms with E-state index in [0.717, 1.165) is 11.1 Å². The Kier molecular flexibility index (Phi) is 4.68. The molecule has 1 saturated heterocycles. The molecule has 5 heteroatoms. The molecule has 0 spiro atoms. The third-order valence-corrected chi connectivity index (χ3v) is 4.58. The van der Waals surface area contributed by atoms with Crippen LogP contribution in [0.3, 0.4) is 0 Å². The predicted octanol–water partition coefficient (Wildman–Crippen LogP) is 2.07. The Hall–Kier alpha value is -1.85. The minimum atomic E-state index is -0.814. The molecule has 0 bridgehead atoms. The molecular formula is C18H24N2O3. The summed E-state index contributed by atoms with van der Waals surface area (Å²) in [4.78, 5) is 15.3. The molecular weight excluding hydrogens is 292 g/mol. The molecule has 1 aliphatic rings. The zero-order valence-corrected chi connectivity index (χ0v) is 13.5. The minimum Gasteiger partial charge on any atom is -0.388 e. The number of aromatic amines is 1. The third-order valence-electron chi connectivity index (χ3n) is 4.58. The van der Waals surface area contributed by atoms with Gasteiger partial charge in [0.15, 0.2) is 0 Å². The fourth-order valence-corrected chi connectivity index (χ4v) is 3.03. The van der Waals surface area contributed by atoms with E-state index < -0.39 is 5.60 Å². The van der Waals surface area contributed by atoms with Crippen LogP contribution in [0.25, 0.3) is 10.9 Å². The average molecular weight is 316 g/mol. The largest absolute Gasteiger partial charge is 0.388 e. The number of nitrogens with one attached hydrogen (secondary N) is 2. The Bertz CT molecular complexity index is 687. The van der Waals surface area contributed by atoms with Gasteiger partial charge < -0.3 is 20.1 Å². The van der Waals surface area contributed by atoms with Gasteiger partial charge in [0, 0.05) is 56.1 Å². The van der Waals surface area contributed by atoms with Gasteiger partial charge in [-0.2, -0.15) is 0 Å². The van der Waals surface area contributed by atoms with Crippen LogP contribution in [0.4, 0.5) is 0 Å². The summed E-state index contributed by atoms with van der Waals surface area (Å²) in [6.45, 7) is 3.49. The van der Waals surface area contributed by atoms with Gasteiger partial charge in [-0.3, -0.25) is 4.79 Å². The molecule has 1 aromatic carbocycles. The lowest BCUT2D eigenvalue weighted by atomic mass is 9.94. The van der Waals surface area contributed by atoms with Crippen LogP contribution in [0.1, 0.15) is 30.4 Å². The quantitative estimate of drug-likeness (QED) is 0.790. The van der Waals surface area contributed by atoms with E-state index in [1.54, 1.807) is 0 Å². The number of rotatable bonds is 5. The van der Waals surface area contributed by atoms with Crippen LogP contribution in [0, 0.1) is 6.92 Å². The number of aromatic nitrogens is 1. The van der Waals surface area contributed by atoms with Gasteiger partial charge in [0.1, 0.15) is 0 Å². The van der Waals surface area contributed by atoms with Crippen molar-refractivity contribution in [3.63, 3.8) is 0 Å². The molecule has 1 aromatic heterocycles. The summed E-state index contributed by atoms with van der Waals surface area (Å²) in [7, 11) is 0. The van der Waals surface area contributed by atoms with Gasteiger partial charge in [0.25, 0.3) is 0 Å². The summed E-state index contributed by atoms with van der Waals surface area (Å²) in [6.07, 6.45) is 4.25. The first-order chi connectivity index (χ1) is 11.1. The van der Waals surface area contributed by atoms with E-state index >= 15 is 0 Å². The predicted molar refractivity (Wildman–Crippen MR) is 89.4 cm³/mol. The molecule has 3 rings (SSSR count). The fourth-order valence-electron chi connectivity index (χ4n) is 3.03. The molecule has 1 fully saturated rings. The number of ether oxygens (including phenoxy) is 1. The van der Waals surface area contributed by atoms with Crippen LogP contribution < -0.4 is 5.32 Å². The van der Waals surface area contributed by atoms with Gasteiger partial charge >= 0.3 is 0 Å². The van der Waals surface area contributed by atoms with E-state index in [1.165, 1.54) is 10.9 Å². The Labute approximate surface area is 136 Å². The highest BCUT2D eigenvalue weighted by molar-refractivity contribution is 5.84. The minimum absolute atomic E-state index is 0.0214. The molecule has 124 valence electrons. The number of carbonyl (C=O) groups is 1. The summed E-state index contributed by atoms with van der Waals surface area (Å²) < 4.78 is 5.24. The normalized spacial score (nSPS) is 17.3. The highest BCUT2D eigenvalue weighted by atomic mass is 16.5. The molecule has 23 heavy (non-hydrogen) atoms. The smallest absolute Gasteiger partial charge is 0.220 e. The maximum atomic E-state index is 12.1.